The van der Waals surface area contributed by atoms with E-state index in [9.17, 15) is 13.2 Å². The van der Waals surface area contributed by atoms with Gasteiger partial charge in [0.05, 0.1) is 16.5 Å². The van der Waals surface area contributed by atoms with Crippen molar-refractivity contribution in [1.29, 1.82) is 0 Å². The fraction of sp³-hybridized carbons (Fsp3) is 0.364. The van der Waals surface area contributed by atoms with Gasteiger partial charge in [-0.05, 0) is 26.0 Å². The predicted molar refractivity (Wildman–Crippen MR) is 60.1 cm³/mol. The molecule has 0 aliphatic rings. The number of alkyl halides is 3. The van der Waals surface area contributed by atoms with E-state index in [0.717, 1.165) is 6.07 Å². The number of aromatic nitrogens is 2. The summed E-state index contributed by atoms with van der Waals surface area (Å²) in [7, 11) is 0. The van der Waals surface area contributed by atoms with Gasteiger partial charge in [-0.2, -0.15) is 18.3 Å². The van der Waals surface area contributed by atoms with Crippen LogP contribution in [0, 0.1) is 0 Å². The maximum Gasteiger partial charge on any atom is 0.417 e. The first-order chi connectivity index (χ1) is 7.82. The van der Waals surface area contributed by atoms with Crippen molar-refractivity contribution in [2.75, 3.05) is 0 Å². The molecule has 6 heteroatoms. The SMILES string of the molecule is CC(C)n1nc(Cl)c2c(C(F)(F)F)cccc21. The lowest BCUT2D eigenvalue weighted by atomic mass is 10.1. The first-order valence-corrected chi connectivity index (χ1v) is 5.44. The number of benzene rings is 1. The summed E-state index contributed by atoms with van der Waals surface area (Å²) in [6.45, 7) is 3.67. The Morgan fingerprint density at radius 1 is 1.29 bits per heavy atom. The number of hydrogen-bond donors (Lipinski definition) is 0. The van der Waals surface area contributed by atoms with Gasteiger partial charge >= 0.3 is 6.18 Å². The van der Waals surface area contributed by atoms with Crippen molar-refractivity contribution in [1.82, 2.24) is 9.78 Å². The summed E-state index contributed by atoms with van der Waals surface area (Å²) >= 11 is 5.80. The normalized spacial score (nSPS) is 12.6. The third-order valence-corrected chi connectivity index (χ3v) is 2.75. The summed E-state index contributed by atoms with van der Waals surface area (Å²) in [5, 5.41) is 3.80. The molecule has 1 aromatic carbocycles. The number of nitrogens with zero attached hydrogens (tertiary/aromatic N) is 2. The molecule has 0 N–H and O–H groups in total. The van der Waals surface area contributed by atoms with E-state index in [-0.39, 0.29) is 16.6 Å². The van der Waals surface area contributed by atoms with Gasteiger partial charge in [-0.15, -0.1) is 0 Å². The van der Waals surface area contributed by atoms with Crippen molar-refractivity contribution in [3.05, 3.63) is 28.9 Å². The van der Waals surface area contributed by atoms with Crippen molar-refractivity contribution in [3.8, 4) is 0 Å². The molecule has 0 radical (unpaired) electrons. The molecule has 0 saturated carbocycles. The number of rotatable bonds is 1. The molecule has 0 aliphatic heterocycles. The van der Waals surface area contributed by atoms with Crippen LogP contribution >= 0.6 is 11.6 Å². The first-order valence-electron chi connectivity index (χ1n) is 5.06. The molecule has 2 rings (SSSR count). The van der Waals surface area contributed by atoms with Crippen LogP contribution in [0.3, 0.4) is 0 Å². The summed E-state index contributed by atoms with van der Waals surface area (Å²) in [5.74, 6) is 0. The maximum absolute atomic E-state index is 12.8. The van der Waals surface area contributed by atoms with Crippen molar-refractivity contribution < 1.29 is 13.2 Å². The van der Waals surface area contributed by atoms with Gasteiger partial charge in [0.25, 0.3) is 0 Å². The second kappa shape index (κ2) is 3.91. The van der Waals surface area contributed by atoms with Crippen molar-refractivity contribution in [2.45, 2.75) is 26.1 Å². The number of fused-ring (bicyclic) bond motifs is 1. The molecule has 0 unspecified atom stereocenters. The van der Waals surface area contributed by atoms with Gasteiger partial charge < -0.3 is 0 Å². The van der Waals surface area contributed by atoms with Crippen LogP contribution in [0.15, 0.2) is 18.2 Å². The molecule has 1 aromatic heterocycles. The van der Waals surface area contributed by atoms with E-state index in [4.69, 9.17) is 11.6 Å². The van der Waals surface area contributed by atoms with Crippen LogP contribution in [0.4, 0.5) is 13.2 Å². The Kier molecular flexibility index (Phi) is 2.81. The van der Waals surface area contributed by atoms with Gasteiger partial charge in [-0.3, -0.25) is 4.68 Å². The minimum atomic E-state index is -4.42. The van der Waals surface area contributed by atoms with Crippen molar-refractivity contribution >= 4 is 22.5 Å². The third kappa shape index (κ3) is 1.99. The van der Waals surface area contributed by atoms with Crippen molar-refractivity contribution in [3.63, 3.8) is 0 Å². The monoisotopic (exact) mass is 262 g/mol. The molecular weight excluding hydrogens is 253 g/mol. The summed E-state index contributed by atoms with van der Waals surface area (Å²) < 4.78 is 39.9. The zero-order valence-corrected chi connectivity index (χ0v) is 9.97. The standard InChI is InChI=1S/C11H10ClF3N2/c1-6(2)17-8-5-3-4-7(11(13,14)15)9(8)10(12)16-17/h3-6H,1-2H3. The highest BCUT2D eigenvalue weighted by atomic mass is 35.5. The molecule has 0 aliphatic carbocycles. The second-order valence-electron chi connectivity index (χ2n) is 4.03. The Balaban J connectivity index is 2.82. The third-order valence-electron chi connectivity index (χ3n) is 2.49. The lowest BCUT2D eigenvalue weighted by molar-refractivity contribution is -0.136. The Morgan fingerprint density at radius 3 is 2.47 bits per heavy atom. The zero-order valence-electron chi connectivity index (χ0n) is 9.22. The molecular formula is C11H10ClF3N2. The Bertz CT molecular complexity index is 558. The molecule has 1 heterocycles. The molecule has 0 atom stereocenters. The summed E-state index contributed by atoms with van der Waals surface area (Å²) in [5.41, 5.74) is -0.341. The minimum absolute atomic E-state index is 0.0321. The minimum Gasteiger partial charge on any atom is -0.261 e. The molecule has 2 aromatic rings. The number of hydrogen-bond acceptors (Lipinski definition) is 1. The second-order valence-corrected chi connectivity index (χ2v) is 4.38. The quantitative estimate of drug-likeness (QED) is 0.750. The highest BCUT2D eigenvalue weighted by molar-refractivity contribution is 6.34. The summed E-state index contributed by atoms with van der Waals surface area (Å²) in [6.07, 6.45) is -4.42. The molecule has 0 spiro atoms. The lowest BCUT2D eigenvalue weighted by Gasteiger charge is -2.09. The van der Waals surface area contributed by atoms with Crippen LogP contribution < -0.4 is 0 Å². The van der Waals surface area contributed by atoms with Gasteiger partial charge in [0.2, 0.25) is 0 Å². The van der Waals surface area contributed by atoms with E-state index in [2.05, 4.69) is 5.10 Å². The lowest BCUT2D eigenvalue weighted by Crippen LogP contribution is -2.06. The Labute approximate surface area is 101 Å². The van der Waals surface area contributed by atoms with Gasteiger partial charge in [0.1, 0.15) is 0 Å². The highest BCUT2D eigenvalue weighted by Gasteiger charge is 2.34. The van der Waals surface area contributed by atoms with Crippen LogP contribution in [-0.2, 0) is 6.18 Å². The van der Waals surface area contributed by atoms with E-state index in [1.165, 1.54) is 10.7 Å². The Hall–Kier alpha value is -1.23. The molecule has 2 nitrogen and oxygen atoms in total. The van der Waals surface area contributed by atoms with E-state index in [1.807, 2.05) is 13.8 Å². The number of halogens is 4. The van der Waals surface area contributed by atoms with Crippen LogP contribution in [0.5, 0.6) is 0 Å². The highest BCUT2D eigenvalue weighted by Crippen LogP contribution is 2.38. The van der Waals surface area contributed by atoms with Crippen LogP contribution in [-0.4, -0.2) is 9.78 Å². The van der Waals surface area contributed by atoms with E-state index in [0.29, 0.717) is 5.52 Å². The molecule has 92 valence electrons. The van der Waals surface area contributed by atoms with Crippen LogP contribution in [0.1, 0.15) is 25.5 Å². The summed E-state index contributed by atoms with van der Waals surface area (Å²) in [6, 6.07) is 3.92. The van der Waals surface area contributed by atoms with Gasteiger partial charge in [0, 0.05) is 6.04 Å². The fourth-order valence-corrected chi connectivity index (χ4v) is 2.06. The van der Waals surface area contributed by atoms with Gasteiger partial charge in [-0.1, -0.05) is 17.7 Å². The summed E-state index contributed by atoms with van der Waals surface area (Å²) in [4.78, 5) is 0. The average molecular weight is 263 g/mol. The van der Waals surface area contributed by atoms with Crippen LogP contribution in [0.2, 0.25) is 5.15 Å². The van der Waals surface area contributed by atoms with Gasteiger partial charge in [-0.25, -0.2) is 0 Å². The topological polar surface area (TPSA) is 17.8 Å². The van der Waals surface area contributed by atoms with E-state index < -0.39 is 11.7 Å². The molecule has 17 heavy (non-hydrogen) atoms. The molecule has 0 saturated heterocycles. The average Bonchev–Trinajstić information content (AvgIpc) is 2.55. The largest absolute Gasteiger partial charge is 0.417 e. The molecule has 0 amide bonds. The van der Waals surface area contributed by atoms with E-state index in [1.54, 1.807) is 6.07 Å². The van der Waals surface area contributed by atoms with Crippen LogP contribution in [0.25, 0.3) is 10.9 Å². The molecule has 0 fully saturated rings. The van der Waals surface area contributed by atoms with Gasteiger partial charge in [0.15, 0.2) is 5.15 Å². The smallest absolute Gasteiger partial charge is 0.261 e. The fourth-order valence-electron chi connectivity index (χ4n) is 1.78. The first kappa shape index (κ1) is 12.2. The zero-order chi connectivity index (χ0) is 12.8. The van der Waals surface area contributed by atoms with E-state index >= 15 is 0 Å². The Morgan fingerprint density at radius 2 is 1.94 bits per heavy atom. The predicted octanol–water partition coefficient (Wildman–Crippen LogP) is 4.29. The molecule has 0 bridgehead atoms. The maximum atomic E-state index is 12.8. The van der Waals surface area contributed by atoms with Crippen molar-refractivity contribution in [2.24, 2.45) is 0 Å².